The van der Waals surface area contributed by atoms with E-state index in [1.807, 2.05) is 30.3 Å². The maximum absolute atomic E-state index is 13.9. The molecule has 3 heterocycles. The number of nitrogens with zero attached hydrogens (tertiary/aromatic N) is 4. The molecule has 1 amide bonds. The summed E-state index contributed by atoms with van der Waals surface area (Å²) in [5.74, 6) is -1.39. The lowest BCUT2D eigenvalue weighted by molar-refractivity contribution is -0.133. The van der Waals surface area contributed by atoms with E-state index in [0.717, 1.165) is 5.69 Å². The average Bonchev–Trinajstić information content (AvgIpc) is 3.05. The van der Waals surface area contributed by atoms with Crippen molar-refractivity contribution in [3.05, 3.63) is 109 Å². The fourth-order valence-corrected chi connectivity index (χ4v) is 7.55. The zero-order valence-corrected chi connectivity index (χ0v) is 25.5. The van der Waals surface area contributed by atoms with E-state index in [4.69, 9.17) is 0 Å². The summed E-state index contributed by atoms with van der Waals surface area (Å²) in [6.07, 6.45) is 5.44. The number of pyridine rings is 2. The Morgan fingerprint density at radius 1 is 0.795 bits per heavy atom. The topological polar surface area (TPSA) is 150 Å². The summed E-state index contributed by atoms with van der Waals surface area (Å²) >= 11 is 0. The molecule has 1 unspecified atom stereocenters. The average molecular weight is 636 g/mol. The molecule has 230 valence electrons. The maximum Gasteiger partial charge on any atom is 0.240 e. The number of hydrogen-bond acceptors (Lipinski definition) is 10. The highest BCUT2D eigenvalue weighted by molar-refractivity contribution is 7.91. The number of phenolic OH excluding ortho intramolecular Hbond substituents is 1. The van der Waals surface area contributed by atoms with Crippen molar-refractivity contribution in [1.29, 1.82) is 0 Å². The molecule has 0 spiro atoms. The number of aromatic hydroxyl groups is 1. The Bertz CT molecular complexity index is 1780. The number of anilines is 1. The molecule has 44 heavy (non-hydrogen) atoms. The van der Waals surface area contributed by atoms with Gasteiger partial charge in [0.2, 0.25) is 5.91 Å². The number of hydrogen-bond donors (Lipinski definition) is 2. The van der Waals surface area contributed by atoms with Crippen LogP contribution in [-0.2, 0) is 36.6 Å². The van der Waals surface area contributed by atoms with Gasteiger partial charge in [0.25, 0.3) is 0 Å². The second kappa shape index (κ2) is 13.5. The van der Waals surface area contributed by atoms with Gasteiger partial charge in [-0.25, -0.2) is 16.8 Å². The second-order valence-electron chi connectivity index (χ2n) is 10.5. The summed E-state index contributed by atoms with van der Waals surface area (Å²) in [5, 5.41) is 13.2. The largest absolute Gasteiger partial charge is 0.508 e. The molecule has 1 aliphatic heterocycles. The zero-order chi connectivity index (χ0) is 31.2. The van der Waals surface area contributed by atoms with Crippen LogP contribution in [0.3, 0.4) is 0 Å². The van der Waals surface area contributed by atoms with E-state index in [9.17, 15) is 26.7 Å². The lowest BCUT2D eigenvalue weighted by Crippen LogP contribution is -2.55. The van der Waals surface area contributed by atoms with Crippen LogP contribution in [0.15, 0.2) is 107 Å². The van der Waals surface area contributed by atoms with Crippen LogP contribution in [0.2, 0.25) is 0 Å². The van der Waals surface area contributed by atoms with Crippen LogP contribution >= 0.6 is 0 Å². The quantitative estimate of drug-likeness (QED) is 0.252. The minimum Gasteiger partial charge on any atom is -0.508 e. The van der Waals surface area contributed by atoms with Gasteiger partial charge in [0.05, 0.1) is 21.6 Å². The first-order valence-corrected chi connectivity index (χ1v) is 17.3. The van der Waals surface area contributed by atoms with Crippen molar-refractivity contribution in [2.45, 2.75) is 28.0 Å². The number of carbonyl (C=O) groups is 1. The molecule has 2 aromatic carbocycles. The highest BCUT2D eigenvalue weighted by Crippen LogP contribution is 2.24. The van der Waals surface area contributed by atoms with E-state index in [1.54, 1.807) is 11.0 Å². The second-order valence-corrected chi connectivity index (χ2v) is 14.4. The summed E-state index contributed by atoms with van der Waals surface area (Å²) < 4.78 is 52.6. The van der Waals surface area contributed by atoms with Crippen LogP contribution in [0, 0.1) is 0 Å². The van der Waals surface area contributed by atoms with E-state index in [-0.39, 0.29) is 27.9 Å². The molecular weight excluding hydrogens is 603 g/mol. The Morgan fingerprint density at radius 3 is 2.05 bits per heavy atom. The lowest BCUT2D eigenvalue weighted by Gasteiger charge is -2.37. The van der Waals surface area contributed by atoms with Crippen LogP contribution in [0.25, 0.3) is 0 Å². The lowest BCUT2D eigenvalue weighted by atomic mass is 9.99. The van der Waals surface area contributed by atoms with E-state index in [0.29, 0.717) is 37.3 Å². The van der Waals surface area contributed by atoms with Gasteiger partial charge in [-0.15, -0.1) is 0 Å². The van der Waals surface area contributed by atoms with Gasteiger partial charge < -0.3 is 14.9 Å². The molecule has 5 rings (SSSR count). The molecule has 11 nitrogen and oxygen atoms in total. The zero-order valence-electron chi connectivity index (χ0n) is 23.9. The highest BCUT2D eigenvalue weighted by Gasteiger charge is 2.30. The van der Waals surface area contributed by atoms with Crippen molar-refractivity contribution in [3.63, 3.8) is 0 Å². The van der Waals surface area contributed by atoms with E-state index in [1.165, 1.54) is 61.2 Å². The number of phenols is 1. The first kappa shape index (κ1) is 31.1. The first-order valence-electron chi connectivity index (χ1n) is 14.0. The first-order chi connectivity index (χ1) is 21.1. The third-order valence-corrected chi connectivity index (χ3v) is 10.6. The third-order valence-electron chi connectivity index (χ3n) is 7.48. The SMILES string of the molecule is O=C(C(Cc1ccc(O)cc1CS(=O)(=O)c1cccnc1)NCS(=O)(=O)c1cccnc1)N1CCN(c2ccccc2)CC1. The molecule has 2 aromatic heterocycles. The third kappa shape index (κ3) is 7.59. The molecule has 0 radical (unpaired) electrons. The van der Waals surface area contributed by atoms with Gasteiger partial charge in [0.15, 0.2) is 19.7 Å². The van der Waals surface area contributed by atoms with E-state index in [2.05, 4.69) is 20.2 Å². The molecule has 0 aliphatic carbocycles. The minimum atomic E-state index is -3.83. The number of nitrogens with one attached hydrogen (secondary N) is 1. The van der Waals surface area contributed by atoms with Gasteiger partial charge in [-0.3, -0.25) is 20.1 Å². The minimum absolute atomic E-state index is 0.00152. The summed E-state index contributed by atoms with van der Waals surface area (Å²) in [6.45, 7) is 2.06. The number of piperazine rings is 1. The number of para-hydroxylation sites is 1. The normalized spacial score (nSPS) is 14.7. The molecule has 13 heteroatoms. The molecule has 0 saturated carbocycles. The predicted molar refractivity (Wildman–Crippen MR) is 165 cm³/mol. The van der Waals surface area contributed by atoms with E-state index >= 15 is 0 Å². The Kier molecular flexibility index (Phi) is 9.57. The van der Waals surface area contributed by atoms with Crippen molar-refractivity contribution in [1.82, 2.24) is 20.2 Å². The number of amides is 1. The molecule has 1 fully saturated rings. The van der Waals surface area contributed by atoms with E-state index < -0.39 is 37.3 Å². The highest BCUT2D eigenvalue weighted by atomic mass is 32.2. The van der Waals surface area contributed by atoms with Crippen LogP contribution in [-0.4, -0.2) is 80.8 Å². The van der Waals surface area contributed by atoms with Crippen molar-refractivity contribution in [2.24, 2.45) is 0 Å². The number of rotatable bonds is 11. The fraction of sp³-hybridized carbons (Fsp3) is 0.258. The number of aromatic nitrogens is 2. The van der Waals surface area contributed by atoms with Crippen molar-refractivity contribution >= 4 is 31.3 Å². The van der Waals surface area contributed by atoms with Crippen LogP contribution in [0.5, 0.6) is 5.75 Å². The van der Waals surface area contributed by atoms with Crippen molar-refractivity contribution in [2.75, 3.05) is 37.0 Å². The molecule has 4 aromatic rings. The van der Waals surface area contributed by atoms with Gasteiger partial charge >= 0.3 is 0 Å². The number of benzene rings is 2. The Hall–Kier alpha value is -4.33. The molecule has 1 saturated heterocycles. The van der Waals surface area contributed by atoms with Gasteiger partial charge in [-0.2, -0.15) is 0 Å². The fourth-order valence-electron chi connectivity index (χ4n) is 5.10. The summed E-state index contributed by atoms with van der Waals surface area (Å²) in [5.41, 5.74) is 1.85. The molecule has 1 aliphatic rings. The Labute approximate surface area is 257 Å². The van der Waals surface area contributed by atoms with Gasteiger partial charge in [0.1, 0.15) is 11.6 Å². The van der Waals surface area contributed by atoms with Crippen molar-refractivity contribution in [3.8, 4) is 5.75 Å². The van der Waals surface area contributed by atoms with Gasteiger partial charge in [-0.05, 0) is 66.1 Å². The number of sulfone groups is 2. The van der Waals surface area contributed by atoms with Gasteiger partial charge in [-0.1, -0.05) is 24.3 Å². The van der Waals surface area contributed by atoms with Crippen LogP contribution in [0.4, 0.5) is 5.69 Å². The summed E-state index contributed by atoms with van der Waals surface area (Å²) in [4.78, 5) is 25.7. The summed E-state index contributed by atoms with van der Waals surface area (Å²) in [6, 6.07) is 19.1. The Balaban J connectivity index is 1.39. The Morgan fingerprint density at radius 2 is 1.43 bits per heavy atom. The molecule has 0 bridgehead atoms. The van der Waals surface area contributed by atoms with Crippen LogP contribution < -0.4 is 10.2 Å². The molecule has 1 atom stereocenters. The predicted octanol–water partition coefficient (Wildman–Crippen LogP) is 2.44. The standard InChI is InChI=1S/C31H33N5O6S2/c37-27-11-10-24(25(18-27)22-43(39,40)28-8-4-12-32-20-28)19-30(34-23-44(41,42)29-9-5-13-33-21-29)31(38)36-16-14-35(15-17-36)26-6-2-1-3-7-26/h1-13,18,20-21,30,34,37H,14-17,19,22-23H2. The monoisotopic (exact) mass is 635 g/mol. The smallest absolute Gasteiger partial charge is 0.240 e. The van der Waals surface area contributed by atoms with Crippen LogP contribution in [0.1, 0.15) is 11.1 Å². The van der Waals surface area contributed by atoms with Gasteiger partial charge in [0, 0.05) is 56.7 Å². The molecule has 2 N–H and O–H groups in total. The molecular formula is C31H33N5O6S2. The number of carbonyl (C=O) groups excluding carboxylic acids is 1. The van der Waals surface area contributed by atoms with Crippen molar-refractivity contribution < 1.29 is 26.7 Å². The maximum atomic E-state index is 13.9. The summed E-state index contributed by atoms with van der Waals surface area (Å²) in [7, 11) is -7.66.